The quantitative estimate of drug-likeness (QED) is 0.514. The average molecular weight is 376 g/mol. The highest BCUT2D eigenvalue weighted by atomic mass is 16.2. The van der Waals surface area contributed by atoms with Crippen LogP contribution in [0, 0.1) is 6.92 Å². The second-order valence-electron chi connectivity index (χ2n) is 6.13. The number of amides is 2. The van der Waals surface area contributed by atoms with Crippen molar-refractivity contribution in [3.05, 3.63) is 65.7 Å². The molecule has 0 fully saturated rings. The fourth-order valence-electron chi connectivity index (χ4n) is 2.76. The van der Waals surface area contributed by atoms with E-state index in [2.05, 4.69) is 31.4 Å². The summed E-state index contributed by atoms with van der Waals surface area (Å²) in [7, 11) is 1.91. The Morgan fingerprint density at radius 2 is 1.64 bits per heavy atom. The van der Waals surface area contributed by atoms with Crippen molar-refractivity contribution in [1.29, 1.82) is 0 Å². The number of hydrogen-bond donors (Lipinski definition) is 2. The van der Waals surface area contributed by atoms with E-state index in [1.807, 2.05) is 24.6 Å². The minimum absolute atomic E-state index is 0.382. The van der Waals surface area contributed by atoms with E-state index < -0.39 is 11.8 Å². The van der Waals surface area contributed by atoms with Crippen LogP contribution in [0.25, 0.3) is 16.7 Å². The lowest BCUT2D eigenvalue weighted by atomic mass is 10.2. The Labute approximate surface area is 159 Å². The van der Waals surface area contributed by atoms with Gasteiger partial charge in [-0.3, -0.25) is 20.4 Å². The first-order valence-electron chi connectivity index (χ1n) is 8.40. The van der Waals surface area contributed by atoms with E-state index in [0.717, 1.165) is 16.9 Å². The molecule has 0 saturated carbocycles. The van der Waals surface area contributed by atoms with E-state index in [4.69, 9.17) is 0 Å². The number of nitrogens with one attached hydrogen (secondary N) is 2. The van der Waals surface area contributed by atoms with Crippen LogP contribution >= 0.6 is 0 Å². The van der Waals surface area contributed by atoms with E-state index in [9.17, 15) is 9.59 Å². The smallest absolute Gasteiger partial charge is 0.269 e. The highest BCUT2D eigenvalue weighted by Crippen LogP contribution is 2.16. The Bertz CT molecular complexity index is 1160. The van der Waals surface area contributed by atoms with Gasteiger partial charge in [0.2, 0.25) is 0 Å². The molecule has 140 valence electrons. The van der Waals surface area contributed by atoms with Crippen LogP contribution in [0.1, 0.15) is 26.5 Å². The molecular formula is C18H16N8O2. The Morgan fingerprint density at radius 3 is 2.32 bits per heavy atom. The predicted molar refractivity (Wildman–Crippen MR) is 99.5 cm³/mol. The lowest BCUT2D eigenvalue weighted by molar-refractivity contribution is 0.0847. The predicted octanol–water partition coefficient (Wildman–Crippen LogP) is 0.932. The average Bonchev–Trinajstić information content (AvgIpc) is 3.34. The number of tetrazole rings is 1. The summed E-state index contributed by atoms with van der Waals surface area (Å²) < 4.78 is 3.41. The second kappa shape index (κ2) is 6.91. The molecule has 0 aliphatic rings. The fourth-order valence-corrected chi connectivity index (χ4v) is 2.76. The van der Waals surface area contributed by atoms with E-state index >= 15 is 0 Å². The lowest BCUT2D eigenvalue weighted by Crippen LogP contribution is -2.41. The molecule has 2 N–H and O–H groups in total. The van der Waals surface area contributed by atoms with Gasteiger partial charge >= 0.3 is 0 Å². The zero-order valence-corrected chi connectivity index (χ0v) is 15.1. The summed E-state index contributed by atoms with van der Waals surface area (Å²) in [5.41, 5.74) is 7.97. The number of carbonyl (C=O) groups is 2. The molecule has 10 nitrogen and oxygen atoms in total. The first-order chi connectivity index (χ1) is 13.5. The van der Waals surface area contributed by atoms with Gasteiger partial charge in [0.05, 0.1) is 16.7 Å². The van der Waals surface area contributed by atoms with Crippen molar-refractivity contribution < 1.29 is 9.59 Å². The Morgan fingerprint density at radius 1 is 0.964 bits per heavy atom. The summed E-state index contributed by atoms with van der Waals surface area (Å²) in [5.74, 6) is -0.0128. The van der Waals surface area contributed by atoms with Crippen LogP contribution in [0.15, 0.2) is 48.8 Å². The molecule has 2 heterocycles. The topological polar surface area (TPSA) is 120 Å². The normalized spacial score (nSPS) is 10.8. The van der Waals surface area contributed by atoms with Gasteiger partial charge < -0.3 is 4.57 Å². The molecule has 2 aromatic heterocycles. The maximum atomic E-state index is 12.3. The van der Waals surface area contributed by atoms with Gasteiger partial charge in [-0.25, -0.2) is 9.67 Å². The van der Waals surface area contributed by atoms with Gasteiger partial charge in [-0.05, 0) is 59.8 Å². The maximum absolute atomic E-state index is 12.3. The molecule has 2 amide bonds. The zero-order chi connectivity index (χ0) is 19.7. The molecular weight excluding hydrogens is 360 g/mol. The van der Waals surface area contributed by atoms with Gasteiger partial charge in [-0.2, -0.15) is 0 Å². The monoisotopic (exact) mass is 376 g/mol. The molecule has 0 saturated heterocycles. The maximum Gasteiger partial charge on any atom is 0.269 e. The van der Waals surface area contributed by atoms with Crippen molar-refractivity contribution in [2.75, 3.05) is 0 Å². The highest BCUT2D eigenvalue weighted by Gasteiger charge is 2.12. The zero-order valence-electron chi connectivity index (χ0n) is 15.1. The molecule has 0 unspecified atom stereocenters. The summed E-state index contributed by atoms with van der Waals surface area (Å²) in [6, 6.07) is 11.8. The van der Waals surface area contributed by atoms with E-state index in [-0.39, 0.29) is 0 Å². The molecule has 0 radical (unpaired) electrons. The second-order valence-corrected chi connectivity index (χ2v) is 6.13. The van der Waals surface area contributed by atoms with Gasteiger partial charge in [-0.15, -0.1) is 5.10 Å². The number of imidazole rings is 1. The van der Waals surface area contributed by atoms with E-state index in [1.54, 1.807) is 36.4 Å². The van der Waals surface area contributed by atoms with Crippen LogP contribution < -0.4 is 10.9 Å². The first-order valence-corrected chi connectivity index (χ1v) is 8.40. The van der Waals surface area contributed by atoms with Crippen LogP contribution in [0.5, 0.6) is 0 Å². The number of rotatable bonds is 3. The number of hydrazine groups is 1. The summed E-state index contributed by atoms with van der Waals surface area (Å²) in [5, 5.41) is 10.9. The lowest BCUT2D eigenvalue weighted by Gasteiger charge is -2.08. The summed E-state index contributed by atoms with van der Waals surface area (Å²) in [6.45, 7) is 1.89. The third kappa shape index (κ3) is 3.18. The van der Waals surface area contributed by atoms with Crippen molar-refractivity contribution in [1.82, 2.24) is 40.6 Å². The largest absolute Gasteiger partial charge is 0.331 e. The number of aryl methyl sites for hydroxylation is 2. The molecule has 0 spiro atoms. The summed E-state index contributed by atoms with van der Waals surface area (Å²) >= 11 is 0. The number of benzene rings is 2. The minimum atomic E-state index is -0.439. The first kappa shape index (κ1) is 17.3. The fraction of sp³-hybridized carbons (Fsp3) is 0.111. The van der Waals surface area contributed by atoms with Crippen molar-refractivity contribution in [3.63, 3.8) is 0 Å². The number of carbonyl (C=O) groups excluding carboxylic acids is 2. The molecule has 0 aliphatic heterocycles. The van der Waals surface area contributed by atoms with E-state index in [0.29, 0.717) is 16.8 Å². The molecule has 0 atom stereocenters. The van der Waals surface area contributed by atoms with Gasteiger partial charge in [-0.1, -0.05) is 0 Å². The number of aromatic nitrogens is 6. The SMILES string of the molecule is Cc1nc2cc(C(=O)NNC(=O)c3ccc(-n4cnnn4)cc3)ccc2n1C. The van der Waals surface area contributed by atoms with Crippen LogP contribution in [0.3, 0.4) is 0 Å². The van der Waals surface area contributed by atoms with Crippen molar-refractivity contribution in [3.8, 4) is 5.69 Å². The Balaban J connectivity index is 1.42. The number of hydrogen-bond acceptors (Lipinski definition) is 6. The van der Waals surface area contributed by atoms with Crippen LogP contribution in [-0.2, 0) is 7.05 Å². The molecule has 0 aliphatic carbocycles. The Hall–Kier alpha value is -4.08. The summed E-state index contributed by atoms with van der Waals surface area (Å²) in [4.78, 5) is 29.0. The minimum Gasteiger partial charge on any atom is -0.331 e. The van der Waals surface area contributed by atoms with Gasteiger partial charge in [0, 0.05) is 18.2 Å². The highest BCUT2D eigenvalue weighted by molar-refractivity contribution is 6.00. The van der Waals surface area contributed by atoms with Gasteiger partial charge in [0.25, 0.3) is 11.8 Å². The third-order valence-corrected chi connectivity index (χ3v) is 4.40. The van der Waals surface area contributed by atoms with Gasteiger partial charge in [0.1, 0.15) is 12.2 Å². The van der Waals surface area contributed by atoms with Crippen molar-refractivity contribution in [2.45, 2.75) is 6.92 Å². The molecule has 4 aromatic rings. The number of fused-ring (bicyclic) bond motifs is 1. The molecule has 0 bridgehead atoms. The summed E-state index contributed by atoms with van der Waals surface area (Å²) in [6.07, 6.45) is 1.45. The molecule has 28 heavy (non-hydrogen) atoms. The Kier molecular flexibility index (Phi) is 4.28. The van der Waals surface area contributed by atoms with E-state index in [1.165, 1.54) is 11.0 Å². The molecule has 4 rings (SSSR count). The van der Waals surface area contributed by atoms with Gasteiger partial charge in [0.15, 0.2) is 0 Å². The third-order valence-electron chi connectivity index (χ3n) is 4.40. The number of nitrogens with zero attached hydrogens (tertiary/aromatic N) is 6. The standard InChI is InChI=1S/C18H16N8O2/c1-11-20-15-9-13(5-8-16(15)25(11)2)18(28)22-21-17(27)12-3-6-14(7-4-12)26-10-19-23-24-26/h3-10H,1-2H3,(H,21,27)(H,22,28). The molecule has 2 aromatic carbocycles. The van der Waals surface area contributed by atoms with Crippen molar-refractivity contribution in [2.24, 2.45) is 7.05 Å². The van der Waals surface area contributed by atoms with Crippen molar-refractivity contribution >= 4 is 22.8 Å². The van der Waals surface area contributed by atoms with Crippen LogP contribution in [0.2, 0.25) is 0 Å². The van der Waals surface area contributed by atoms with Crippen LogP contribution in [0.4, 0.5) is 0 Å². The molecule has 10 heteroatoms. The van der Waals surface area contributed by atoms with Crippen LogP contribution in [-0.4, -0.2) is 41.6 Å².